The molecule has 1 aromatic carbocycles. The highest BCUT2D eigenvalue weighted by molar-refractivity contribution is 6.30. The van der Waals surface area contributed by atoms with Crippen LogP contribution < -0.4 is 0 Å². The molecule has 0 unspecified atom stereocenters. The van der Waals surface area contributed by atoms with Crippen molar-refractivity contribution in [1.29, 1.82) is 5.26 Å². The Bertz CT molecular complexity index is 405. The first-order valence-electron chi connectivity index (χ1n) is 3.32. The maximum absolute atomic E-state index is 12.9. The number of hydrogen-bond acceptors (Lipinski definition) is 1. The zero-order chi connectivity index (χ0) is 10.9. The lowest BCUT2D eigenvalue weighted by Crippen LogP contribution is -2.09. The Morgan fingerprint density at radius 1 is 1.29 bits per heavy atom. The third-order valence-corrected chi connectivity index (χ3v) is 1.68. The van der Waals surface area contributed by atoms with Gasteiger partial charge in [0.2, 0.25) is 0 Å². The SMILES string of the molecule is N#Cc1cc(Cl)cc(C(F)(F)F)c1F. The van der Waals surface area contributed by atoms with Crippen molar-refractivity contribution >= 4 is 11.6 Å². The second-order valence-electron chi connectivity index (χ2n) is 2.42. The molecule has 0 N–H and O–H groups in total. The number of halogens is 5. The van der Waals surface area contributed by atoms with Gasteiger partial charge in [-0.3, -0.25) is 0 Å². The minimum Gasteiger partial charge on any atom is -0.205 e. The summed E-state index contributed by atoms with van der Waals surface area (Å²) in [5.74, 6) is -1.59. The van der Waals surface area contributed by atoms with E-state index in [0.29, 0.717) is 6.07 Å². The maximum atomic E-state index is 12.9. The summed E-state index contributed by atoms with van der Waals surface area (Å²) in [7, 11) is 0. The molecule has 0 atom stereocenters. The number of alkyl halides is 3. The first-order valence-corrected chi connectivity index (χ1v) is 3.70. The van der Waals surface area contributed by atoms with Crippen LogP contribution in [-0.4, -0.2) is 0 Å². The van der Waals surface area contributed by atoms with Gasteiger partial charge in [0.25, 0.3) is 0 Å². The molecule has 0 aliphatic carbocycles. The Kier molecular flexibility index (Phi) is 2.67. The van der Waals surface area contributed by atoms with Crippen LogP contribution in [0.4, 0.5) is 17.6 Å². The van der Waals surface area contributed by atoms with E-state index >= 15 is 0 Å². The fraction of sp³-hybridized carbons (Fsp3) is 0.125. The van der Waals surface area contributed by atoms with Gasteiger partial charge < -0.3 is 0 Å². The van der Waals surface area contributed by atoms with Crippen LogP contribution in [0.25, 0.3) is 0 Å². The van der Waals surface area contributed by atoms with Gasteiger partial charge in [-0.1, -0.05) is 11.6 Å². The summed E-state index contributed by atoms with van der Waals surface area (Å²) in [5.41, 5.74) is -2.24. The van der Waals surface area contributed by atoms with Gasteiger partial charge >= 0.3 is 6.18 Å². The highest BCUT2D eigenvalue weighted by atomic mass is 35.5. The van der Waals surface area contributed by atoms with Crippen LogP contribution in [0.5, 0.6) is 0 Å². The lowest BCUT2D eigenvalue weighted by Gasteiger charge is -2.08. The molecule has 1 nitrogen and oxygen atoms in total. The smallest absolute Gasteiger partial charge is 0.205 e. The fourth-order valence-corrected chi connectivity index (χ4v) is 1.10. The molecule has 1 aromatic rings. The number of benzene rings is 1. The van der Waals surface area contributed by atoms with Crippen molar-refractivity contribution in [3.8, 4) is 6.07 Å². The van der Waals surface area contributed by atoms with E-state index in [1.807, 2.05) is 0 Å². The minimum absolute atomic E-state index is 0.324. The van der Waals surface area contributed by atoms with E-state index in [0.717, 1.165) is 6.07 Å². The van der Waals surface area contributed by atoms with Crippen LogP contribution in [0, 0.1) is 17.1 Å². The largest absolute Gasteiger partial charge is 0.419 e. The van der Waals surface area contributed by atoms with E-state index in [1.54, 1.807) is 0 Å². The van der Waals surface area contributed by atoms with Crippen LogP contribution in [0.15, 0.2) is 12.1 Å². The van der Waals surface area contributed by atoms with Crippen molar-refractivity contribution < 1.29 is 17.6 Å². The van der Waals surface area contributed by atoms with Crippen LogP contribution in [0.2, 0.25) is 5.02 Å². The van der Waals surface area contributed by atoms with E-state index in [-0.39, 0.29) is 5.02 Å². The zero-order valence-electron chi connectivity index (χ0n) is 6.49. The summed E-state index contributed by atoms with van der Waals surface area (Å²) in [5, 5.41) is 7.99. The van der Waals surface area contributed by atoms with E-state index in [4.69, 9.17) is 16.9 Å². The standard InChI is InChI=1S/C8H2ClF4N/c9-5-1-4(3-14)7(10)6(2-5)8(11,12)13/h1-2H. The maximum Gasteiger partial charge on any atom is 0.419 e. The Balaban J connectivity index is 3.47. The molecule has 0 spiro atoms. The van der Waals surface area contributed by atoms with Gasteiger partial charge in [0.05, 0.1) is 11.1 Å². The van der Waals surface area contributed by atoms with Crippen LogP contribution >= 0.6 is 11.6 Å². The Morgan fingerprint density at radius 3 is 2.29 bits per heavy atom. The molecule has 6 heteroatoms. The Labute approximate surface area is 81.5 Å². The van der Waals surface area contributed by atoms with Gasteiger partial charge in [-0.2, -0.15) is 18.4 Å². The van der Waals surface area contributed by atoms with E-state index in [1.165, 1.54) is 6.07 Å². The zero-order valence-corrected chi connectivity index (χ0v) is 7.25. The highest BCUT2D eigenvalue weighted by Crippen LogP contribution is 2.34. The lowest BCUT2D eigenvalue weighted by molar-refractivity contribution is -0.140. The van der Waals surface area contributed by atoms with E-state index in [9.17, 15) is 17.6 Å². The molecule has 0 aromatic heterocycles. The number of rotatable bonds is 0. The van der Waals surface area contributed by atoms with Gasteiger partial charge in [0.1, 0.15) is 6.07 Å². The predicted octanol–water partition coefficient (Wildman–Crippen LogP) is 3.37. The molecule has 14 heavy (non-hydrogen) atoms. The van der Waals surface area contributed by atoms with Crippen molar-refractivity contribution in [3.63, 3.8) is 0 Å². The Morgan fingerprint density at radius 2 is 1.86 bits per heavy atom. The minimum atomic E-state index is -4.85. The third kappa shape index (κ3) is 1.96. The second-order valence-corrected chi connectivity index (χ2v) is 2.86. The number of nitrogens with zero attached hydrogens (tertiary/aromatic N) is 1. The average Bonchev–Trinajstić information content (AvgIpc) is 2.06. The molecule has 1 rings (SSSR count). The summed E-state index contributed by atoms with van der Waals surface area (Å²) < 4.78 is 49.4. The normalized spacial score (nSPS) is 11.1. The number of nitriles is 1. The van der Waals surface area contributed by atoms with Crippen molar-refractivity contribution in [2.75, 3.05) is 0 Å². The molecule has 0 aliphatic rings. The summed E-state index contributed by atoms with van der Waals surface area (Å²) in [6.45, 7) is 0. The van der Waals surface area contributed by atoms with Crippen molar-refractivity contribution in [1.82, 2.24) is 0 Å². The van der Waals surface area contributed by atoms with Crippen molar-refractivity contribution in [3.05, 3.63) is 34.1 Å². The summed E-state index contributed by atoms with van der Waals surface area (Å²) in [6, 6.07) is 2.57. The Hall–Kier alpha value is -1.28. The molecule has 0 saturated carbocycles. The van der Waals surface area contributed by atoms with Crippen LogP contribution in [-0.2, 0) is 6.18 Å². The molecule has 0 amide bonds. The molecule has 0 fully saturated rings. The topological polar surface area (TPSA) is 23.8 Å². The van der Waals surface area contributed by atoms with Gasteiger partial charge in [0, 0.05) is 5.02 Å². The molecule has 0 saturated heterocycles. The monoisotopic (exact) mass is 223 g/mol. The van der Waals surface area contributed by atoms with E-state index in [2.05, 4.69) is 0 Å². The first kappa shape index (κ1) is 10.8. The van der Waals surface area contributed by atoms with E-state index < -0.39 is 23.1 Å². The lowest BCUT2D eigenvalue weighted by atomic mass is 10.1. The molecule has 74 valence electrons. The quantitative estimate of drug-likeness (QED) is 0.619. The van der Waals surface area contributed by atoms with Crippen LogP contribution in [0.3, 0.4) is 0 Å². The average molecular weight is 224 g/mol. The van der Waals surface area contributed by atoms with Gasteiger partial charge in [0.15, 0.2) is 5.82 Å². The van der Waals surface area contributed by atoms with Crippen LogP contribution in [0.1, 0.15) is 11.1 Å². The molecule has 0 heterocycles. The molecule has 0 aliphatic heterocycles. The second kappa shape index (κ2) is 3.46. The first-order chi connectivity index (χ1) is 6.36. The predicted molar refractivity (Wildman–Crippen MR) is 41.1 cm³/mol. The number of hydrogen-bond donors (Lipinski definition) is 0. The molecule has 0 radical (unpaired) electrons. The van der Waals surface area contributed by atoms with Gasteiger partial charge in [-0.25, -0.2) is 4.39 Å². The summed E-state index contributed by atoms with van der Waals surface area (Å²) >= 11 is 5.29. The van der Waals surface area contributed by atoms with Crippen molar-refractivity contribution in [2.45, 2.75) is 6.18 Å². The molecule has 0 bridgehead atoms. The van der Waals surface area contributed by atoms with Crippen molar-refractivity contribution in [2.24, 2.45) is 0 Å². The summed E-state index contributed by atoms with van der Waals surface area (Å²) in [4.78, 5) is 0. The molecular weight excluding hydrogens is 222 g/mol. The summed E-state index contributed by atoms with van der Waals surface area (Å²) in [6.07, 6.45) is -4.85. The highest BCUT2D eigenvalue weighted by Gasteiger charge is 2.35. The third-order valence-electron chi connectivity index (χ3n) is 1.46. The molecular formula is C8H2ClF4N. The van der Waals surface area contributed by atoms with Gasteiger partial charge in [-0.05, 0) is 12.1 Å². The van der Waals surface area contributed by atoms with Gasteiger partial charge in [-0.15, -0.1) is 0 Å². The fourth-order valence-electron chi connectivity index (χ4n) is 0.877.